The molecule has 0 saturated carbocycles. The van der Waals surface area contributed by atoms with Gasteiger partial charge in [0, 0.05) is 6.54 Å². The van der Waals surface area contributed by atoms with E-state index < -0.39 is 0 Å². The lowest BCUT2D eigenvalue weighted by atomic mass is 10.2. The maximum atomic E-state index is 8.92. The molecule has 0 bridgehead atoms. The Bertz CT molecular complexity index is 57.5. The summed E-state index contributed by atoms with van der Waals surface area (Å²) in [4.78, 5) is 0. The van der Waals surface area contributed by atoms with Gasteiger partial charge in [-0.05, 0) is 19.3 Å². The number of hydrogen-bond acceptors (Lipinski definition) is 1. The van der Waals surface area contributed by atoms with E-state index in [0.29, 0.717) is 0 Å². The number of aliphatic hydroxyl groups excluding tert-OH is 1. The van der Waals surface area contributed by atoms with Crippen LogP contribution in [-0.2, 0) is 0 Å². The summed E-state index contributed by atoms with van der Waals surface area (Å²) in [5.41, 5.74) is 0. The summed E-state index contributed by atoms with van der Waals surface area (Å²) in [6.07, 6.45) is 4.07. The monoisotopic (exact) mass is 114 g/mol. The molecule has 1 atom stereocenters. The van der Waals surface area contributed by atoms with Crippen LogP contribution in [0.15, 0.2) is 0 Å². The Hall–Kier alpha value is -0.0800. The number of rotatable bonds is 0. The molecule has 1 unspecified atom stereocenters. The molecular weight excluding hydrogens is 102 g/mol. The molecule has 1 aliphatic rings. The van der Waals surface area contributed by atoms with Crippen molar-refractivity contribution in [3.05, 3.63) is 0 Å². The van der Waals surface area contributed by atoms with E-state index in [1.807, 2.05) is 0 Å². The first-order valence-electron chi connectivity index (χ1n) is 3.24. The van der Waals surface area contributed by atoms with Crippen molar-refractivity contribution < 1.29 is 5.11 Å². The van der Waals surface area contributed by atoms with Crippen molar-refractivity contribution in [1.82, 2.24) is 5.32 Å². The molecule has 2 heteroatoms. The van der Waals surface area contributed by atoms with Gasteiger partial charge in [-0.1, -0.05) is 6.42 Å². The van der Waals surface area contributed by atoms with Crippen LogP contribution in [0, 0.1) is 0 Å². The summed E-state index contributed by atoms with van der Waals surface area (Å²) >= 11 is 0. The molecule has 1 radical (unpaired) electrons. The number of aliphatic hydroxyl groups is 1. The van der Waals surface area contributed by atoms with Crippen molar-refractivity contribution in [2.45, 2.75) is 31.9 Å². The van der Waals surface area contributed by atoms with E-state index in [1.54, 1.807) is 0 Å². The highest BCUT2D eigenvalue weighted by Gasteiger charge is 2.06. The van der Waals surface area contributed by atoms with Crippen LogP contribution in [0.1, 0.15) is 25.7 Å². The van der Waals surface area contributed by atoms with Crippen molar-refractivity contribution in [2.75, 3.05) is 6.54 Å². The zero-order valence-electron chi connectivity index (χ0n) is 5.01. The highest BCUT2D eigenvalue weighted by Crippen LogP contribution is 2.06. The third kappa shape index (κ3) is 1.80. The van der Waals surface area contributed by atoms with Crippen molar-refractivity contribution in [3.63, 3.8) is 0 Å². The summed E-state index contributed by atoms with van der Waals surface area (Å²) in [5, 5.41) is 12.9. The van der Waals surface area contributed by atoms with Crippen LogP contribution in [0.25, 0.3) is 0 Å². The minimum absolute atomic E-state index is 0.350. The van der Waals surface area contributed by atoms with E-state index in [1.165, 1.54) is 6.42 Å². The quantitative estimate of drug-likeness (QED) is 0.488. The van der Waals surface area contributed by atoms with Gasteiger partial charge < -0.3 is 5.11 Å². The highest BCUT2D eigenvalue weighted by molar-refractivity contribution is 4.58. The Morgan fingerprint density at radius 3 is 3.00 bits per heavy atom. The van der Waals surface area contributed by atoms with Crippen LogP contribution in [0.4, 0.5) is 0 Å². The molecule has 0 spiro atoms. The topological polar surface area (TPSA) is 34.3 Å². The van der Waals surface area contributed by atoms with Crippen LogP contribution in [0.5, 0.6) is 0 Å². The van der Waals surface area contributed by atoms with Crippen molar-refractivity contribution in [3.8, 4) is 0 Å². The van der Waals surface area contributed by atoms with Gasteiger partial charge in [-0.25, -0.2) is 5.32 Å². The summed E-state index contributed by atoms with van der Waals surface area (Å²) < 4.78 is 0. The van der Waals surface area contributed by atoms with Gasteiger partial charge in [0.15, 0.2) is 0 Å². The molecule has 0 aliphatic carbocycles. The Morgan fingerprint density at radius 1 is 1.25 bits per heavy atom. The SMILES string of the molecule is OC1CCCCC[N]1. The normalized spacial score (nSPS) is 31.9. The second kappa shape index (κ2) is 3.05. The predicted molar refractivity (Wildman–Crippen MR) is 31.5 cm³/mol. The van der Waals surface area contributed by atoms with Gasteiger partial charge in [0.2, 0.25) is 0 Å². The molecule has 1 saturated heterocycles. The fourth-order valence-corrected chi connectivity index (χ4v) is 0.947. The number of nitrogens with zero attached hydrogens (tertiary/aromatic N) is 1. The Kier molecular flexibility index (Phi) is 2.30. The van der Waals surface area contributed by atoms with Gasteiger partial charge in [-0.15, -0.1) is 0 Å². The third-order valence-corrected chi connectivity index (χ3v) is 1.46. The Morgan fingerprint density at radius 2 is 2.12 bits per heavy atom. The lowest BCUT2D eigenvalue weighted by Crippen LogP contribution is -2.19. The molecular formula is C6H12NO. The Balaban J connectivity index is 2.17. The van der Waals surface area contributed by atoms with Gasteiger partial charge in [-0.2, -0.15) is 0 Å². The van der Waals surface area contributed by atoms with Gasteiger partial charge in [0.1, 0.15) is 6.23 Å². The standard InChI is InChI=1S/C6H12NO/c8-6-4-2-1-3-5-7-6/h6,8H,1-5H2. The molecule has 0 aromatic carbocycles. The minimum Gasteiger partial charge on any atom is -0.377 e. The van der Waals surface area contributed by atoms with Gasteiger partial charge in [0.05, 0.1) is 0 Å². The molecule has 47 valence electrons. The van der Waals surface area contributed by atoms with Crippen molar-refractivity contribution in [2.24, 2.45) is 0 Å². The average molecular weight is 114 g/mol. The van der Waals surface area contributed by atoms with E-state index in [-0.39, 0.29) is 6.23 Å². The first-order chi connectivity index (χ1) is 3.89. The largest absolute Gasteiger partial charge is 0.377 e. The molecule has 2 nitrogen and oxygen atoms in total. The Labute approximate surface area is 49.9 Å². The lowest BCUT2D eigenvalue weighted by Gasteiger charge is -2.02. The highest BCUT2D eigenvalue weighted by atomic mass is 16.3. The van der Waals surface area contributed by atoms with Crippen LogP contribution in [0.2, 0.25) is 0 Å². The second-order valence-electron chi connectivity index (χ2n) is 2.24. The second-order valence-corrected chi connectivity index (χ2v) is 2.24. The summed E-state index contributed by atoms with van der Waals surface area (Å²) in [7, 11) is 0. The predicted octanol–water partition coefficient (Wildman–Crippen LogP) is 0.483. The first kappa shape index (κ1) is 6.05. The van der Waals surface area contributed by atoms with E-state index in [0.717, 1.165) is 25.8 Å². The van der Waals surface area contributed by atoms with Gasteiger partial charge in [-0.3, -0.25) is 0 Å². The van der Waals surface area contributed by atoms with E-state index >= 15 is 0 Å². The number of hydrogen-bond donors (Lipinski definition) is 1. The first-order valence-corrected chi connectivity index (χ1v) is 3.24. The molecule has 0 aromatic rings. The van der Waals surface area contributed by atoms with Crippen molar-refractivity contribution >= 4 is 0 Å². The zero-order valence-corrected chi connectivity index (χ0v) is 5.01. The molecule has 1 N–H and O–H groups in total. The molecule has 1 rings (SSSR count). The molecule has 1 aliphatic heterocycles. The summed E-state index contributed by atoms with van der Waals surface area (Å²) in [6.45, 7) is 0.862. The van der Waals surface area contributed by atoms with Crippen LogP contribution in [-0.4, -0.2) is 17.9 Å². The van der Waals surface area contributed by atoms with Crippen LogP contribution in [0.3, 0.4) is 0 Å². The van der Waals surface area contributed by atoms with Crippen LogP contribution < -0.4 is 5.32 Å². The molecule has 0 amide bonds. The summed E-state index contributed by atoms with van der Waals surface area (Å²) in [5.74, 6) is 0. The lowest BCUT2D eigenvalue weighted by molar-refractivity contribution is 0.130. The summed E-state index contributed by atoms with van der Waals surface area (Å²) in [6, 6.07) is 0. The maximum Gasteiger partial charge on any atom is 0.120 e. The zero-order chi connectivity index (χ0) is 5.82. The van der Waals surface area contributed by atoms with Gasteiger partial charge in [0.25, 0.3) is 0 Å². The molecule has 1 heterocycles. The fourth-order valence-electron chi connectivity index (χ4n) is 0.947. The molecule has 8 heavy (non-hydrogen) atoms. The van der Waals surface area contributed by atoms with E-state index in [9.17, 15) is 0 Å². The smallest absolute Gasteiger partial charge is 0.120 e. The van der Waals surface area contributed by atoms with Crippen molar-refractivity contribution in [1.29, 1.82) is 0 Å². The average Bonchev–Trinajstić information content (AvgIpc) is 1.94. The fraction of sp³-hybridized carbons (Fsp3) is 1.00. The molecule has 0 aromatic heterocycles. The van der Waals surface area contributed by atoms with E-state index in [4.69, 9.17) is 5.11 Å². The maximum absolute atomic E-state index is 8.92. The minimum atomic E-state index is -0.350. The van der Waals surface area contributed by atoms with Crippen LogP contribution >= 0.6 is 0 Å². The third-order valence-electron chi connectivity index (χ3n) is 1.46. The van der Waals surface area contributed by atoms with Gasteiger partial charge >= 0.3 is 0 Å². The van der Waals surface area contributed by atoms with E-state index in [2.05, 4.69) is 5.32 Å². The molecule has 1 fully saturated rings.